The van der Waals surface area contributed by atoms with Crippen molar-refractivity contribution in [1.82, 2.24) is 5.32 Å². The standard InChI is InChI=1S/C12H13BrFN3O3/c13-11-8(3-7(14)4-10(11)17(19)20)12(18)16-5-9(15)6-1-2-6/h3-4,6,9H,1-2,5,15H2,(H,16,18). The molecule has 8 heteroatoms. The molecule has 1 fully saturated rings. The number of nitrogens with one attached hydrogen (secondary N) is 1. The van der Waals surface area contributed by atoms with Crippen molar-refractivity contribution in [2.24, 2.45) is 11.7 Å². The number of benzene rings is 1. The minimum absolute atomic E-state index is 0.0404. The Labute approximate surface area is 122 Å². The third kappa shape index (κ3) is 3.31. The monoisotopic (exact) mass is 345 g/mol. The van der Waals surface area contributed by atoms with Gasteiger partial charge in [0.05, 0.1) is 16.6 Å². The Morgan fingerprint density at radius 1 is 1.60 bits per heavy atom. The van der Waals surface area contributed by atoms with Crippen LogP contribution in [0.5, 0.6) is 0 Å². The number of nitrogens with two attached hydrogens (primary N) is 1. The second kappa shape index (κ2) is 5.84. The van der Waals surface area contributed by atoms with Gasteiger partial charge in [-0.1, -0.05) is 0 Å². The number of hydrogen-bond donors (Lipinski definition) is 2. The molecule has 0 bridgehead atoms. The van der Waals surface area contributed by atoms with Gasteiger partial charge in [-0.15, -0.1) is 0 Å². The molecule has 20 heavy (non-hydrogen) atoms. The van der Waals surface area contributed by atoms with E-state index in [2.05, 4.69) is 21.2 Å². The van der Waals surface area contributed by atoms with Crippen molar-refractivity contribution in [3.63, 3.8) is 0 Å². The molecular weight excluding hydrogens is 333 g/mol. The fourth-order valence-electron chi connectivity index (χ4n) is 1.87. The van der Waals surface area contributed by atoms with E-state index >= 15 is 0 Å². The maximum atomic E-state index is 13.3. The largest absolute Gasteiger partial charge is 0.350 e. The fourth-order valence-corrected chi connectivity index (χ4v) is 2.42. The van der Waals surface area contributed by atoms with Gasteiger partial charge >= 0.3 is 0 Å². The van der Waals surface area contributed by atoms with Crippen molar-refractivity contribution < 1.29 is 14.1 Å². The Kier molecular flexibility index (Phi) is 4.34. The van der Waals surface area contributed by atoms with Crippen LogP contribution in [-0.4, -0.2) is 23.4 Å². The number of halogens is 2. The predicted molar refractivity (Wildman–Crippen MR) is 73.8 cm³/mol. The molecule has 1 atom stereocenters. The highest BCUT2D eigenvalue weighted by molar-refractivity contribution is 9.10. The highest BCUT2D eigenvalue weighted by atomic mass is 79.9. The molecule has 2 rings (SSSR count). The molecule has 1 aliphatic rings. The van der Waals surface area contributed by atoms with Crippen LogP contribution >= 0.6 is 15.9 Å². The van der Waals surface area contributed by atoms with Crippen molar-refractivity contribution in [2.45, 2.75) is 18.9 Å². The first-order chi connectivity index (χ1) is 9.40. The number of rotatable bonds is 5. The molecule has 1 aromatic rings. The van der Waals surface area contributed by atoms with Crippen LogP contribution < -0.4 is 11.1 Å². The summed E-state index contributed by atoms with van der Waals surface area (Å²) in [6, 6.07) is 1.58. The fraction of sp³-hybridized carbons (Fsp3) is 0.417. The summed E-state index contributed by atoms with van der Waals surface area (Å²) in [5.41, 5.74) is 5.25. The minimum Gasteiger partial charge on any atom is -0.350 e. The third-order valence-corrected chi connectivity index (χ3v) is 4.02. The number of nitro benzene ring substituents is 1. The number of carbonyl (C=O) groups is 1. The maximum absolute atomic E-state index is 13.3. The average molecular weight is 346 g/mol. The summed E-state index contributed by atoms with van der Waals surface area (Å²) in [5.74, 6) is -1.01. The van der Waals surface area contributed by atoms with E-state index in [1.165, 1.54) is 0 Å². The molecule has 1 unspecified atom stereocenters. The molecule has 6 nitrogen and oxygen atoms in total. The summed E-state index contributed by atoms with van der Waals surface area (Å²) >= 11 is 2.96. The predicted octanol–water partition coefficient (Wildman–Crippen LogP) is 1.96. The summed E-state index contributed by atoms with van der Waals surface area (Å²) in [6.07, 6.45) is 2.10. The van der Waals surface area contributed by atoms with Gasteiger partial charge in [-0.25, -0.2) is 4.39 Å². The van der Waals surface area contributed by atoms with Gasteiger partial charge in [0.1, 0.15) is 10.3 Å². The van der Waals surface area contributed by atoms with Gasteiger partial charge in [0, 0.05) is 12.6 Å². The van der Waals surface area contributed by atoms with Crippen LogP contribution in [-0.2, 0) is 0 Å². The molecule has 1 amide bonds. The molecule has 1 aromatic carbocycles. The smallest absolute Gasteiger partial charge is 0.287 e. The van der Waals surface area contributed by atoms with Crippen LogP contribution in [0.4, 0.5) is 10.1 Å². The van der Waals surface area contributed by atoms with E-state index in [1.807, 2.05) is 0 Å². The number of carbonyl (C=O) groups excluding carboxylic acids is 1. The molecule has 108 valence electrons. The zero-order valence-electron chi connectivity index (χ0n) is 10.4. The lowest BCUT2D eigenvalue weighted by atomic mass is 10.1. The first-order valence-electron chi connectivity index (χ1n) is 6.07. The average Bonchev–Trinajstić information content (AvgIpc) is 3.21. The molecule has 0 spiro atoms. The number of nitrogens with zero attached hydrogens (tertiary/aromatic N) is 1. The first-order valence-corrected chi connectivity index (χ1v) is 6.86. The van der Waals surface area contributed by atoms with Gasteiger partial charge in [-0.2, -0.15) is 0 Å². The van der Waals surface area contributed by atoms with Crippen molar-refractivity contribution in [3.05, 3.63) is 38.1 Å². The summed E-state index contributed by atoms with van der Waals surface area (Å²) in [6.45, 7) is 0.264. The number of hydrogen-bond acceptors (Lipinski definition) is 4. The molecule has 0 heterocycles. The van der Waals surface area contributed by atoms with Crippen molar-refractivity contribution in [2.75, 3.05) is 6.54 Å². The second-order valence-electron chi connectivity index (χ2n) is 4.75. The summed E-state index contributed by atoms with van der Waals surface area (Å²) in [7, 11) is 0. The van der Waals surface area contributed by atoms with Gasteiger partial charge in [-0.3, -0.25) is 14.9 Å². The zero-order valence-corrected chi connectivity index (χ0v) is 12.0. The van der Waals surface area contributed by atoms with Gasteiger partial charge in [0.15, 0.2) is 0 Å². The number of amides is 1. The van der Waals surface area contributed by atoms with Crippen molar-refractivity contribution in [1.29, 1.82) is 0 Å². The Balaban J connectivity index is 2.14. The van der Waals surface area contributed by atoms with Gasteiger partial charge in [0.2, 0.25) is 0 Å². The van der Waals surface area contributed by atoms with Gasteiger partial charge in [-0.05, 0) is 40.8 Å². The summed E-state index contributed by atoms with van der Waals surface area (Å²) in [4.78, 5) is 22.0. The van der Waals surface area contributed by atoms with Gasteiger partial charge in [0.25, 0.3) is 11.6 Å². The lowest BCUT2D eigenvalue weighted by Crippen LogP contribution is -2.38. The maximum Gasteiger partial charge on any atom is 0.287 e. The van der Waals surface area contributed by atoms with E-state index in [0.717, 1.165) is 25.0 Å². The van der Waals surface area contributed by atoms with E-state index in [0.29, 0.717) is 5.92 Å². The molecule has 0 saturated heterocycles. The Morgan fingerprint density at radius 3 is 2.80 bits per heavy atom. The quantitative estimate of drug-likeness (QED) is 0.629. The Morgan fingerprint density at radius 2 is 2.25 bits per heavy atom. The zero-order chi connectivity index (χ0) is 14.9. The van der Waals surface area contributed by atoms with Crippen LogP contribution in [0.3, 0.4) is 0 Å². The topological polar surface area (TPSA) is 98.3 Å². The Hall–Kier alpha value is -1.54. The lowest BCUT2D eigenvalue weighted by molar-refractivity contribution is -0.385. The lowest BCUT2D eigenvalue weighted by Gasteiger charge is -2.12. The van der Waals surface area contributed by atoms with Gasteiger partial charge < -0.3 is 11.1 Å². The second-order valence-corrected chi connectivity index (χ2v) is 5.55. The van der Waals surface area contributed by atoms with Crippen molar-refractivity contribution >= 4 is 27.5 Å². The normalized spacial score (nSPS) is 15.8. The third-order valence-electron chi connectivity index (χ3n) is 3.19. The summed E-state index contributed by atoms with van der Waals surface area (Å²) < 4.78 is 13.3. The minimum atomic E-state index is -0.837. The van der Waals surface area contributed by atoms with E-state index in [4.69, 9.17) is 5.73 Å². The van der Waals surface area contributed by atoms with Crippen LogP contribution in [0.1, 0.15) is 23.2 Å². The first kappa shape index (κ1) is 14.9. The molecule has 3 N–H and O–H groups in total. The van der Waals surface area contributed by atoms with Crippen LogP contribution in [0.2, 0.25) is 0 Å². The van der Waals surface area contributed by atoms with E-state index in [1.54, 1.807) is 0 Å². The molecule has 0 aromatic heterocycles. The van der Waals surface area contributed by atoms with Crippen molar-refractivity contribution in [3.8, 4) is 0 Å². The molecule has 1 saturated carbocycles. The Bertz CT molecular complexity index is 563. The molecular formula is C12H13BrFN3O3. The van der Waals surface area contributed by atoms with E-state index in [-0.39, 0.29) is 22.6 Å². The molecule has 0 radical (unpaired) electrons. The SMILES string of the molecule is NC(CNC(=O)c1cc(F)cc([N+](=O)[O-])c1Br)C1CC1. The van der Waals surface area contributed by atoms with E-state index in [9.17, 15) is 19.3 Å². The van der Waals surface area contributed by atoms with Crippen LogP contribution in [0, 0.1) is 21.8 Å². The highest BCUT2D eigenvalue weighted by Gasteiger charge is 2.29. The molecule has 1 aliphatic carbocycles. The number of nitro groups is 1. The van der Waals surface area contributed by atoms with Crippen LogP contribution in [0.25, 0.3) is 0 Å². The highest BCUT2D eigenvalue weighted by Crippen LogP contribution is 2.32. The molecule has 0 aliphatic heterocycles. The summed E-state index contributed by atoms with van der Waals surface area (Å²) in [5, 5.41) is 13.3. The van der Waals surface area contributed by atoms with Crippen LogP contribution in [0.15, 0.2) is 16.6 Å². The van der Waals surface area contributed by atoms with E-state index < -0.39 is 22.3 Å².